The molecule has 1 fully saturated rings. The quantitative estimate of drug-likeness (QED) is 0.582. The average Bonchev–Trinajstić information content (AvgIpc) is 2.14. The fourth-order valence-electron chi connectivity index (χ4n) is 2.04. The van der Waals surface area contributed by atoms with E-state index < -0.39 is 17.9 Å². The zero-order valence-corrected chi connectivity index (χ0v) is 9.35. The number of hydrogen-bond donors (Lipinski definition) is 2. The lowest BCUT2D eigenvalue weighted by Crippen LogP contribution is -2.48. The Labute approximate surface area is 93.3 Å². The van der Waals surface area contributed by atoms with E-state index in [0.29, 0.717) is 6.54 Å². The van der Waals surface area contributed by atoms with Crippen LogP contribution in [0.2, 0.25) is 0 Å². The summed E-state index contributed by atoms with van der Waals surface area (Å²) in [5, 5.41) is 7.02. The number of likely N-dealkylation sites (tertiary alicyclic amines) is 1. The van der Waals surface area contributed by atoms with Crippen molar-refractivity contribution in [2.45, 2.75) is 38.4 Å². The van der Waals surface area contributed by atoms with E-state index in [0.717, 1.165) is 19.3 Å². The number of alkyl halides is 3. The van der Waals surface area contributed by atoms with Crippen LogP contribution in [-0.4, -0.2) is 36.0 Å². The highest BCUT2D eigenvalue weighted by Crippen LogP contribution is 2.28. The summed E-state index contributed by atoms with van der Waals surface area (Å²) in [6, 6.07) is 0.151. The van der Waals surface area contributed by atoms with Crippen LogP contribution >= 0.6 is 0 Å². The van der Waals surface area contributed by atoms with Crippen LogP contribution in [0.4, 0.5) is 13.2 Å². The molecule has 0 saturated carbocycles. The van der Waals surface area contributed by atoms with Crippen LogP contribution in [0.1, 0.15) is 26.2 Å². The summed E-state index contributed by atoms with van der Waals surface area (Å²) in [5.74, 6) is -2.61. The van der Waals surface area contributed by atoms with Crippen LogP contribution < -0.4 is 5.73 Å². The Kier molecular flexibility index (Phi) is 4.18. The minimum absolute atomic E-state index is 0.151. The zero-order chi connectivity index (χ0) is 12.3. The van der Waals surface area contributed by atoms with Crippen LogP contribution in [0.3, 0.4) is 0 Å². The molecule has 2 atom stereocenters. The maximum Gasteiger partial charge on any atom is 0.399 e. The van der Waals surface area contributed by atoms with Crippen LogP contribution in [0.5, 0.6) is 0 Å². The zero-order valence-electron chi connectivity index (χ0n) is 9.35. The van der Waals surface area contributed by atoms with Crippen LogP contribution in [0.15, 0.2) is 0 Å². The molecule has 1 heterocycles. The van der Waals surface area contributed by atoms with Gasteiger partial charge in [-0.15, -0.1) is 0 Å². The predicted octanol–water partition coefficient (Wildman–Crippen LogP) is 1.98. The highest BCUT2D eigenvalue weighted by Gasteiger charge is 2.43. The third-order valence-corrected chi connectivity index (χ3v) is 3.13. The van der Waals surface area contributed by atoms with Crippen molar-refractivity contribution in [1.29, 1.82) is 5.41 Å². The molecule has 3 nitrogen and oxygen atoms in total. The Morgan fingerprint density at radius 2 is 2.12 bits per heavy atom. The highest BCUT2D eigenvalue weighted by molar-refractivity contribution is 5.80. The van der Waals surface area contributed by atoms with E-state index in [1.807, 2.05) is 6.92 Å². The minimum Gasteiger partial charge on any atom is -0.387 e. The second kappa shape index (κ2) is 5.03. The molecule has 16 heavy (non-hydrogen) atoms. The summed E-state index contributed by atoms with van der Waals surface area (Å²) < 4.78 is 37.8. The number of nitrogens with zero attached hydrogens (tertiary/aromatic N) is 1. The van der Waals surface area contributed by atoms with E-state index in [1.54, 1.807) is 4.90 Å². The normalized spacial score (nSPS) is 25.4. The second-order valence-corrected chi connectivity index (χ2v) is 4.39. The summed E-state index contributed by atoms with van der Waals surface area (Å²) in [6.07, 6.45) is -1.51. The lowest BCUT2D eigenvalue weighted by molar-refractivity contribution is -0.161. The van der Waals surface area contributed by atoms with Gasteiger partial charge in [0.25, 0.3) is 0 Å². The van der Waals surface area contributed by atoms with Gasteiger partial charge in [-0.2, -0.15) is 13.2 Å². The molecular weight excluding hydrogens is 219 g/mol. The molecule has 1 aliphatic heterocycles. The van der Waals surface area contributed by atoms with Gasteiger partial charge in [-0.1, -0.05) is 6.42 Å². The largest absolute Gasteiger partial charge is 0.399 e. The SMILES string of the molecule is CC1CCCCN1CC(C(=N)N)C(F)(F)F. The maximum atomic E-state index is 12.6. The molecule has 0 aliphatic carbocycles. The standard InChI is InChI=1S/C10H18F3N3/c1-7-4-2-3-5-16(7)6-8(9(14)15)10(11,12)13/h7-8H,2-6H2,1H3,(H3,14,15). The lowest BCUT2D eigenvalue weighted by Gasteiger charge is -2.36. The van der Waals surface area contributed by atoms with Crippen molar-refractivity contribution < 1.29 is 13.2 Å². The summed E-state index contributed by atoms with van der Waals surface area (Å²) in [7, 11) is 0. The van der Waals surface area contributed by atoms with Gasteiger partial charge in [0.15, 0.2) is 0 Å². The van der Waals surface area contributed by atoms with E-state index >= 15 is 0 Å². The third kappa shape index (κ3) is 3.37. The average molecular weight is 237 g/mol. The molecular formula is C10H18F3N3. The molecule has 1 saturated heterocycles. The summed E-state index contributed by atoms with van der Waals surface area (Å²) >= 11 is 0. The van der Waals surface area contributed by atoms with Gasteiger partial charge >= 0.3 is 6.18 Å². The molecule has 0 bridgehead atoms. The molecule has 6 heteroatoms. The fraction of sp³-hybridized carbons (Fsp3) is 0.900. The smallest absolute Gasteiger partial charge is 0.387 e. The number of halogens is 3. The topological polar surface area (TPSA) is 53.1 Å². The number of hydrogen-bond acceptors (Lipinski definition) is 2. The van der Waals surface area contributed by atoms with E-state index in [4.69, 9.17) is 11.1 Å². The van der Waals surface area contributed by atoms with Crippen molar-refractivity contribution in [3.05, 3.63) is 0 Å². The summed E-state index contributed by atoms with van der Waals surface area (Å²) in [4.78, 5) is 1.78. The Hall–Kier alpha value is -0.780. The first-order valence-corrected chi connectivity index (χ1v) is 5.47. The first kappa shape index (κ1) is 13.3. The van der Waals surface area contributed by atoms with Gasteiger partial charge in [-0.05, 0) is 26.3 Å². The molecule has 1 aliphatic rings. The van der Waals surface area contributed by atoms with Crippen molar-refractivity contribution in [1.82, 2.24) is 4.90 Å². The van der Waals surface area contributed by atoms with Crippen LogP contribution in [-0.2, 0) is 0 Å². The molecule has 0 aromatic heterocycles. The van der Waals surface area contributed by atoms with Gasteiger partial charge in [-0.25, -0.2) is 0 Å². The van der Waals surface area contributed by atoms with Crippen LogP contribution in [0.25, 0.3) is 0 Å². The van der Waals surface area contributed by atoms with Crippen LogP contribution in [0, 0.1) is 11.3 Å². The Morgan fingerprint density at radius 3 is 2.56 bits per heavy atom. The second-order valence-electron chi connectivity index (χ2n) is 4.39. The molecule has 3 N–H and O–H groups in total. The fourth-order valence-corrected chi connectivity index (χ4v) is 2.04. The van der Waals surface area contributed by atoms with Crippen molar-refractivity contribution in [3.8, 4) is 0 Å². The number of amidine groups is 1. The molecule has 0 radical (unpaired) electrons. The van der Waals surface area contributed by atoms with Crippen molar-refractivity contribution >= 4 is 5.84 Å². The Morgan fingerprint density at radius 1 is 1.50 bits per heavy atom. The van der Waals surface area contributed by atoms with Gasteiger partial charge in [-0.3, -0.25) is 10.3 Å². The van der Waals surface area contributed by atoms with Crippen molar-refractivity contribution in [3.63, 3.8) is 0 Å². The first-order chi connectivity index (χ1) is 7.32. The Bertz CT molecular complexity index is 252. The van der Waals surface area contributed by atoms with E-state index in [1.165, 1.54) is 0 Å². The van der Waals surface area contributed by atoms with E-state index in [9.17, 15) is 13.2 Å². The molecule has 0 amide bonds. The number of nitrogens with one attached hydrogen (secondary N) is 1. The molecule has 0 aromatic carbocycles. The molecule has 0 aromatic rings. The highest BCUT2D eigenvalue weighted by atomic mass is 19.4. The van der Waals surface area contributed by atoms with Crippen molar-refractivity contribution in [2.75, 3.05) is 13.1 Å². The maximum absolute atomic E-state index is 12.6. The minimum atomic E-state index is -4.41. The van der Waals surface area contributed by atoms with Gasteiger partial charge in [0, 0.05) is 12.6 Å². The molecule has 1 rings (SSSR count). The van der Waals surface area contributed by atoms with E-state index in [2.05, 4.69) is 0 Å². The third-order valence-electron chi connectivity index (χ3n) is 3.13. The summed E-state index contributed by atoms with van der Waals surface area (Å²) in [5.41, 5.74) is 5.02. The van der Waals surface area contributed by atoms with Gasteiger partial charge in [0.1, 0.15) is 11.8 Å². The predicted molar refractivity (Wildman–Crippen MR) is 56.3 cm³/mol. The molecule has 94 valence electrons. The monoisotopic (exact) mass is 237 g/mol. The lowest BCUT2D eigenvalue weighted by atomic mass is 10.00. The van der Waals surface area contributed by atoms with Gasteiger partial charge < -0.3 is 5.73 Å². The Balaban J connectivity index is 2.64. The summed E-state index contributed by atoms with van der Waals surface area (Å²) in [6.45, 7) is 2.41. The number of nitrogens with two attached hydrogens (primary N) is 1. The van der Waals surface area contributed by atoms with Crippen molar-refractivity contribution in [2.24, 2.45) is 11.7 Å². The number of piperidine rings is 1. The molecule has 0 spiro atoms. The van der Waals surface area contributed by atoms with Gasteiger partial charge in [0.05, 0.1) is 0 Å². The van der Waals surface area contributed by atoms with Gasteiger partial charge in [0.2, 0.25) is 0 Å². The molecule has 2 unspecified atom stereocenters. The number of rotatable bonds is 3. The van der Waals surface area contributed by atoms with E-state index in [-0.39, 0.29) is 12.6 Å². The first-order valence-electron chi connectivity index (χ1n) is 5.47.